The summed E-state index contributed by atoms with van der Waals surface area (Å²) in [5.41, 5.74) is 7.33. The molecule has 0 atom stereocenters. The van der Waals surface area contributed by atoms with Gasteiger partial charge in [0, 0.05) is 0 Å². The molecule has 3 rings (SSSR count). The van der Waals surface area contributed by atoms with Gasteiger partial charge in [-0.2, -0.15) is 13.2 Å². The molecule has 1 heterocycles. The molecule has 11 heteroatoms. The number of anilines is 1. The lowest BCUT2D eigenvalue weighted by Gasteiger charge is -2.11. The summed E-state index contributed by atoms with van der Waals surface area (Å²) in [7, 11) is 0. The number of nitrogens with two attached hydrogens (primary N) is 1. The number of aromatic hydroxyl groups is 1. The number of benzene rings is 2. The number of amides is 2. The SMILES string of the molecule is NC(=O)Cc1ccc2c(O)c(C(=O)NNc3ccc(C(F)(F)F)cc3)c(=O)oc2c1. The van der Waals surface area contributed by atoms with E-state index in [2.05, 4.69) is 10.9 Å². The number of alkyl halides is 3. The van der Waals surface area contributed by atoms with Gasteiger partial charge in [0.05, 0.1) is 23.1 Å². The number of halogens is 3. The van der Waals surface area contributed by atoms with Gasteiger partial charge in [-0.3, -0.25) is 20.4 Å². The average molecular weight is 421 g/mol. The van der Waals surface area contributed by atoms with Crippen molar-refractivity contribution in [2.75, 3.05) is 5.43 Å². The molecule has 0 saturated heterocycles. The Hall–Kier alpha value is -4.02. The lowest BCUT2D eigenvalue weighted by molar-refractivity contribution is -0.137. The third-order valence-electron chi connectivity index (χ3n) is 4.08. The molecule has 0 bridgehead atoms. The van der Waals surface area contributed by atoms with Crippen molar-refractivity contribution in [3.8, 4) is 5.75 Å². The van der Waals surface area contributed by atoms with E-state index in [-0.39, 0.29) is 23.1 Å². The number of hydrogen-bond donors (Lipinski definition) is 4. The lowest BCUT2D eigenvalue weighted by atomic mass is 10.1. The summed E-state index contributed by atoms with van der Waals surface area (Å²) < 4.78 is 42.8. The Morgan fingerprint density at radius 3 is 2.37 bits per heavy atom. The van der Waals surface area contributed by atoms with Gasteiger partial charge in [0.2, 0.25) is 5.91 Å². The summed E-state index contributed by atoms with van der Waals surface area (Å²) in [6.07, 6.45) is -4.62. The molecule has 1 aromatic heterocycles. The van der Waals surface area contributed by atoms with E-state index in [0.29, 0.717) is 5.56 Å². The summed E-state index contributed by atoms with van der Waals surface area (Å²) in [4.78, 5) is 35.5. The molecule has 3 aromatic rings. The van der Waals surface area contributed by atoms with Crippen LogP contribution in [0.5, 0.6) is 5.75 Å². The molecule has 2 aromatic carbocycles. The van der Waals surface area contributed by atoms with Crippen LogP contribution in [0, 0.1) is 0 Å². The zero-order valence-corrected chi connectivity index (χ0v) is 15.0. The van der Waals surface area contributed by atoms with Crippen molar-refractivity contribution in [2.45, 2.75) is 12.6 Å². The number of fused-ring (bicyclic) bond motifs is 1. The Morgan fingerprint density at radius 1 is 1.10 bits per heavy atom. The predicted octanol–water partition coefficient (Wildman–Crippen LogP) is 2.30. The summed E-state index contributed by atoms with van der Waals surface area (Å²) >= 11 is 0. The van der Waals surface area contributed by atoms with Gasteiger partial charge in [-0.1, -0.05) is 6.07 Å². The Morgan fingerprint density at radius 2 is 1.77 bits per heavy atom. The maximum absolute atomic E-state index is 12.6. The number of primary amides is 1. The molecule has 0 saturated carbocycles. The Labute approximate surface area is 166 Å². The van der Waals surface area contributed by atoms with Crippen LogP contribution in [0.4, 0.5) is 18.9 Å². The first-order valence-electron chi connectivity index (χ1n) is 8.37. The van der Waals surface area contributed by atoms with Crippen LogP contribution in [0.2, 0.25) is 0 Å². The summed E-state index contributed by atoms with van der Waals surface area (Å²) in [5.74, 6) is -2.32. The molecular formula is C19H14F3N3O5. The molecule has 2 amide bonds. The second-order valence-electron chi connectivity index (χ2n) is 6.24. The van der Waals surface area contributed by atoms with Crippen LogP contribution in [-0.4, -0.2) is 16.9 Å². The Bertz CT molecular complexity index is 1190. The van der Waals surface area contributed by atoms with Crippen molar-refractivity contribution in [3.05, 3.63) is 69.6 Å². The van der Waals surface area contributed by atoms with Crippen molar-refractivity contribution in [1.82, 2.24) is 5.43 Å². The normalized spacial score (nSPS) is 11.3. The number of carbonyl (C=O) groups excluding carboxylic acids is 2. The Kier molecular flexibility index (Phi) is 5.37. The molecule has 5 N–H and O–H groups in total. The summed E-state index contributed by atoms with van der Waals surface area (Å²) in [6, 6.07) is 7.92. The maximum Gasteiger partial charge on any atom is 0.416 e. The number of hydrogen-bond acceptors (Lipinski definition) is 6. The third-order valence-corrected chi connectivity index (χ3v) is 4.08. The third kappa shape index (κ3) is 4.35. The molecule has 0 fully saturated rings. The molecule has 156 valence electrons. The van der Waals surface area contributed by atoms with Crippen LogP contribution in [0.3, 0.4) is 0 Å². The van der Waals surface area contributed by atoms with Crippen molar-refractivity contribution in [1.29, 1.82) is 0 Å². The number of hydrazine groups is 1. The van der Waals surface area contributed by atoms with Crippen molar-refractivity contribution in [2.24, 2.45) is 5.73 Å². The monoisotopic (exact) mass is 421 g/mol. The number of rotatable bonds is 5. The van der Waals surface area contributed by atoms with E-state index in [1.807, 2.05) is 0 Å². The van der Waals surface area contributed by atoms with Crippen LogP contribution in [0.15, 0.2) is 51.7 Å². The molecule has 0 aliphatic heterocycles. The topological polar surface area (TPSA) is 135 Å². The predicted molar refractivity (Wildman–Crippen MR) is 99.6 cm³/mol. The minimum Gasteiger partial charge on any atom is -0.506 e. The van der Waals surface area contributed by atoms with E-state index in [9.17, 15) is 32.7 Å². The highest BCUT2D eigenvalue weighted by Gasteiger charge is 2.30. The minimum atomic E-state index is -4.51. The molecular weight excluding hydrogens is 407 g/mol. The van der Waals surface area contributed by atoms with Gasteiger partial charge in [0.1, 0.15) is 11.3 Å². The van der Waals surface area contributed by atoms with Gasteiger partial charge in [0.15, 0.2) is 5.56 Å². The fourth-order valence-corrected chi connectivity index (χ4v) is 2.67. The van der Waals surface area contributed by atoms with Crippen molar-refractivity contribution in [3.63, 3.8) is 0 Å². The van der Waals surface area contributed by atoms with Crippen LogP contribution in [0.1, 0.15) is 21.5 Å². The largest absolute Gasteiger partial charge is 0.506 e. The van der Waals surface area contributed by atoms with Gasteiger partial charge in [-0.15, -0.1) is 0 Å². The number of carbonyl (C=O) groups is 2. The molecule has 0 radical (unpaired) electrons. The van der Waals surface area contributed by atoms with Crippen LogP contribution in [-0.2, 0) is 17.4 Å². The van der Waals surface area contributed by atoms with E-state index < -0.39 is 40.5 Å². The first-order valence-corrected chi connectivity index (χ1v) is 8.37. The smallest absolute Gasteiger partial charge is 0.416 e. The zero-order chi connectivity index (χ0) is 22.1. The highest BCUT2D eigenvalue weighted by Crippen LogP contribution is 2.30. The quantitative estimate of drug-likeness (QED) is 0.369. The zero-order valence-electron chi connectivity index (χ0n) is 15.0. The maximum atomic E-state index is 12.6. The first kappa shape index (κ1) is 20.7. The van der Waals surface area contributed by atoms with E-state index in [0.717, 1.165) is 24.3 Å². The van der Waals surface area contributed by atoms with E-state index >= 15 is 0 Å². The van der Waals surface area contributed by atoms with E-state index in [4.69, 9.17) is 10.2 Å². The molecule has 8 nitrogen and oxygen atoms in total. The second kappa shape index (κ2) is 7.78. The molecule has 0 spiro atoms. The van der Waals surface area contributed by atoms with Gasteiger partial charge in [0.25, 0.3) is 5.91 Å². The van der Waals surface area contributed by atoms with Crippen molar-refractivity contribution >= 4 is 28.5 Å². The van der Waals surface area contributed by atoms with Crippen LogP contribution in [0.25, 0.3) is 11.0 Å². The number of nitrogens with one attached hydrogen (secondary N) is 2. The molecule has 30 heavy (non-hydrogen) atoms. The van der Waals surface area contributed by atoms with Crippen LogP contribution < -0.4 is 22.2 Å². The van der Waals surface area contributed by atoms with Gasteiger partial charge in [-0.05, 0) is 42.0 Å². The standard InChI is InChI=1S/C19H14F3N3O5/c20-19(21,22)10-2-4-11(5-3-10)24-25-17(28)15-16(27)12-6-1-9(8-14(23)26)7-13(12)30-18(15)29/h1-7,24,27H,8H2,(H2,23,26)(H,25,28). The highest BCUT2D eigenvalue weighted by molar-refractivity contribution is 6.02. The average Bonchev–Trinajstić information content (AvgIpc) is 2.65. The molecule has 0 aliphatic rings. The van der Waals surface area contributed by atoms with E-state index in [1.54, 1.807) is 0 Å². The first-order chi connectivity index (χ1) is 14.1. The molecule has 0 unspecified atom stereocenters. The highest BCUT2D eigenvalue weighted by atomic mass is 19.4. The van der Waals surface area contributed by atoms with Gasteiger partial charge < -0.3 is 15.3 Å². The fourth-order valence-electron chi connectivity index (χ4n) is 2.67. The van der Waals surface area contributed by atoms with Crippen LogP contribution >= 0.6 is 0 Å². The Balaban J connectivity index is 1.82. The van der Waals surface area contributed by atoms with Crippen molar-refractivity contribution < 1.29 is 32.3 Å². The van der Waals surface area contributed by atoms with Gasteiger partial charge >= 0.3 is 11.8 Å². The lowest BCUT2D eigenvalue weighted by Crippen LogP contribution is -2.33. The summed E-state index contributed by atoms with van der Waals surface area (Å²) in [6.45, 7) is 0. The molecule has 0 aliphatic carbocycles. The minimum absolute atomic E-state index is 0.0440. The van der Waals surface area contributed by atoms with E-state index in [1.165, 1.54) is 18.2 Å². The fraction of sp³-hybridized carbons (Fsp3) is 0.105. The van der Waals surface area contributed by atoms with Gasteiger partial charge in [-0.25, -0.2) is 4.79 Å². The summed E-state index contributed by atoms with van der Waals surface area (Å²) in [5, 5.41) is 10.4. The second-order valence-corrected chi connectivity index (χ2v) is 6.24.